The summed E-state index contributed by atoms with van der Waals surface area (Å²) in [6, 6.07) is 16.0. The highest BCUT2D eigenvalue weighted by molar-refractivity contribution is 6.30. The van der Waals surface area contributed by atoms with E-state index in [9.17, 15) is 0 Å². The molecule has 2 aliphatic rings. The lowest BCUT2D eigenvalue weighted by Crippen LogP contribution is -2.48. The number of nitrogens with one attached hydrogen (secondary N) is 1. The van der Waals surface area contributed by atoms with Crippen molar-refractivity contribution in [2.75, 3.05) is 31.1 Å². The lowest BCUT2D eigenvalue weighted by molar-refractivity contribution is 0.161. The van der Waals surface area contributed by atoms with Gasteiger partial charge in [0, 0.05) is 48.2 Å². The van der Waals surface area contributed by atoms with Crippen molar-refractivity contribution in [1.82, 2.24) is 24.9 Å². The molecule has 1 aromatic carbocycles. The zero-order valence-corrected chi connectivity index (χ0v) is 19.3. The number of fused-ring (bicyclic) bond motifs is 1. The summed E-state index contributed by atoms with van der Waals surface area (Å²) in [4.78, 5) is 11.6. The fourth-order valence-electron chi connectivity index (χ4n) is 5.34. The molecule has 2 aliphatic heterocycles. The van der Waals surface area contributed by atoms with Gasteiger partial charge in [-0.25, -0.2) is 9.50 Å². The van der Waals surface area contributed by atoms with Crippen LogP contribution in [0.5, 0.6) is 0 Å². The number of nitrogens with zero attached hydrogens (tertiary/aromatic N) is 5. The van der Waals surface area contributed by atoms with E-state index in [1.807, 2.05) is 53.3 Å². The second kappa shape index (κ2) is 8.43. The molecule has 0 aliphatic carbocycles. The maximum atomic E-state index is 6.14. The molecule has 0 amide bonds. The number of aromatic nitrogens is 4. The molecule has 6 nitrogen and oxygen atoms in total. The number of benzene rings is 1. The standard InChI is InChI=1S/C26H27ClN6/c27-21-4-2-19(3-5-21)24-25(20-8-14-28-15-9-20)33-22(30-24)6-7-23(31-33)32-16-11-26(12-17-32)10-1-13-29-18-26/h2-9,14-15,29H,1,10-13,16-18H2. The Morgan fingerprint density at radius 3 is 2.39 bits per heavy atom. The predicted octanol–water partition coefficient (Wildman–Crippen LogP) is 5.08. The zero-order valence-electron chi connectivity index (χ0n) is 18.5. The molecular formula is C26H27ClN6. The highest BCUT2D eigenvalue weighted by atomic mass is 35.5. The van der Waals surface area contributed by atoms with Crippen molar-refractivity contribution < 1.29 is 0 Å². The quantitative estimate of drug-likeness (QED) is 0.464. The fourth-order valence-corrected chi connectivity index (χ4v) is 5.46. The highest BCUT2D eigenvalue weighted by Gasteiger charge is 2.36. The summed E-state index contributed by atoms with van der Waals surface area (Å²) in [6.45, 7) is 4.41. The maximum Gasteiger partial charge on any atom is 0.155 e. The van der Waals surface area contributed by atoms with Crippen LogP contribution in [0.3, 0.4) is 0 Å². The molecule has 1 N–H and O–H groups in total. The number of piperidine rings is 2. The minimum absolute atomic E-state index is 0.470. The van der Waals surface area contributed by atoms with Crippen LogP contribution in [0.25, 0.3) is 28.2 Å². The summed E-state index contributed by atoms with van der Waals surface area (Å²) in [5, 5.41) is 9.41. The van der Waals surface area contributed by atoms with Crippen molar-refractivity contribution in [2.45, 2.75) is 25.7 Å². The van der Waals surface area contributed by atoms with Crippen LogP contribution in [0.4, 0.5) is 5.82 Å². The van der Waals surface area contributed by atoms with E-state index >= 15 is 0 Å². The molecule has 0 radical (unpaired) electrons. The number of hydrogen-bond donors (Lipinski definition) is 1. The summed E-state index contributed by atoms with van der Waals surface area (Å²) in [7, 11) is 0. The topological polar surface area (TPSA) is 58.4 Å². The smallest absolute Gasteiger partial charge is 0.155 e. The molecule has 0 saturated carbocycles. The first kappa shape index (κ1) is 20.6. The van der Waals surface area contributed by atoms with Crippen molar-refractivity contribution in [2.24, 2.45) is 5.41 Å². The summed E-state index contributed by atoms with van der Waals surface area (Å²) < 4.78 is 1.99. The molecule has 3 aromatic heterocycles. The molecule has 0 unspecified atom stereocenters. The number of hydrogen-bond acceptors (Lipinski definition) is 5. The highest BCUT2D eigenvalue weighted by Crippen LogP contribution is 2.39. The van der Waals surface area contributed by atoms with Gasteiger partial charge in [-0.3, -0.25) is 4.98 Å². The molecule has 5 heterocycles. The summed E-state index contributed by atoms with van der Waals surface area (Å²) in [5.41, 5.74) is 5.23. The van der Waals surface area contributed by atoms with Crippen molar-refractivity contribution >= 4 is 23.1 Å². The van der Waals surface area contributed by atoms with Crippen LogP contribution in [0, 0.1) is 5.41 Å². The first-order chi connectivity index (χ1) is 16.2. The van der Waals surface area contributed by atoms with Gasteiger partial charge in [0.1, 0.15) is 11.5 Å². The summed E-state index contributed by atoms with van der Waals surface area (Å²) >= 11 is 6.14. The lowest BCUT2D eigenvalue weighted by atomic mass is 9.73. The van der Waals surface area contributed by atoms with Crippen LogP contribution >= 0.6 is 11.6 Å². The molecule has 33 heavy (non-hydrogen) atoms. The van der Waals surface area contributed by atoms with E-state index in [1.165, 1.54) is 25.7 Å². The molecule has 0 bridgehead atoms. The van der Waals surface area contributed by atoms with E-state index < -0.39 is 0 Å². The molecule has 6 rings (SSSR count). The third-order valence-corrected chi connectivity index (χ3v) is 7.50. The first-order valence-electron chi connectivity index (χ1n) is 11.7. The number of halogens is 1. The Hall–Kier alpha value is -2.96. The van der Waals surface area contributed by atoms with Crippen LogP contribution < -0.4 is 10.2 Å². The number of imidazole rings is 1. The minimum Gasteiger partial charge on any atom is -0.355 e. The Balaban J connectivity index is 1.40. The second-order valence-corrected chi connectivity index (χ2v) is 9.72. The van der Waals surface area contributed by atoms with Crippen LogP contribution in [0.2, 0.25) is 5.02 Å². The van der Waals surface area contributed by atoms with Gasteiger partial charge in [0.15, 0.2) is 5.65 Å². The monoisotopic (exact) mass is 458 g/mol. The van der Waals surface area contributed by atoms with Gasteiger partial charge in [0.05, 0.1) is 5.69 Å². The summed E-state index contributed by atoms with van der Waals surface area (Å²) in [6.07, 6.45) is 8.70. The Morgan fingerprint density at radius 2 is 1.67 bits per heavy atom. The second-order valence-electron chi connectivity index (χ2n) is 9.28. The van der Waals surface area contributed by atoms with Gasteiger partial charge in [-0.15, -0.1) is 5.10 Å². The molecule has 168 valence electrons. The number of pyridine rings is 1. The molecule has 2 fully saturated rings. The first-order valence-corrected chi connectivity index (χ1v) is 12.1. The van der Waals surface area contributed by atoms with Gasteiger partial charge >= 0.3 is 0 Å². The van der Waals surface area contributed by atoms with Crippen LogP contribution in [-0.4, -0.2) is 45.8 Å². The molecule has 1 spiro atoms. The molecule has 0 atom stereocenters. The van der Waals surface area contributed by atoms with E-state index in [0.717, 1.165) is 60.2 Å². The fraction of sp³-hybridized carbons (Fsp3) is 0.346. The summed E-state index contributed by atoms with van der Waals surface area (Å²) in [5.74, 6) is 1.01. The third kappa shape index (κ3) is 3.87. The number of anilines is 1. The predicted molar refractivity (Wildman–Crippen MR) is 133 cm³/mol. The Labute approximate surface area is 198 Å². The average molecular weight is 459 g/mol. The third-order valence-electron chi connectivity index (χ3n) is 7.24. The molecule has 4 aromatic rings. The van der Waals surface area contributed by atoms with Crippen molar-refractivity contribution in [1.29, 1.82) is 0 Å². The van der Waals surface area contributed by atoms with Crippen LogP contribution in [0.15, 0.2) is 60.9 Å². The molecular weight excluding hydrogens is 432 g/mol. The van der Waals surface area contributed by atoms with Gasteiger partial charge in [-0.1, -0.05) is 23.7 Å². The largest absolute Gasteiger partial charge is 0.355 e. The van der Waals surface area contributed by atoms with Crippen molar-refractivity contribution in [3.8, 4) is 22.5 Å². The van der Waals surface area contributed by atoms with Gasteiger partial charge < -0.3 is 10.2 Å². The van der Waals surface area contributed by atoms with E-state index in [4.69, 9.17) is 21.7 Å². The van der Waals surface area contributed by atoms with Crippen LogP contribution in [-0.2, 0) is 0 Å². The van der Waals surface area contributed by atoms with E-state index in [1.54, 1.807) is 0 Å². The average Bonchev–Trinajstić information content (AvgIpc) is 3.25. The normalized spacial score (nSPS) is 18.2. The van der Waals surface area contributed by atoms with Gasteiger partial charge in [-0.05, 0) is 74.0 Å². The maximum absolute atomic E-state index is 6.14. The SMILES string of the molecule is Clc1ccc(-c2nc3ccc(N4CCC5(CCCNC5)CC4)nn3c2-c2ccncc2)cc1. The van der Waals surface area contributed by atoms with Gasteiger partial charge in [-0.2, -0.15) is 0 Å². The van der Waals surface area contributed by atoms with Crippen molar-refractivity contribution in [3.05, 3.63) is 65.9 Å². The minimum atomic E-state index is 0.470. The Kier molecular flexibility index (Phi) is 5.27. The van der Waals surface area contributed by atoms with Crippen molar-refractivity contribution in [3.63, 3.8) is 0 Å². The Bertz CT molecular complexity index is 1250. The molecule has 2 saturated heterocycles. The van der Waals surface area contributed by atoms with E-state index in [0.29, 0.717) is 10.4 Å². The Morgan fingerprint density at radius 1 is 0.879 bits per heavy atom. The van der Waals surface area contributed by atoms with E-state index in [-0.39, 0.29) is 0 Å². The zero-order chi connectivity index (χ0) is 22.3. The van der Waals surface area contributed by atoms with E-state index in [2.05, 4.69) is 27.3 Å². The van der Waals surface area contributed by atoms with Gasteiger partial charge in [0.2, 0.25) is 0 Å². The van der Waals surface area contributed by atoms with Crippen LogP contribution in [0.1, 0.15) is 25.7 Å². The van der Waals surface area contributed by atoms with Gasteiger partial charge in [0.25, 0.3) is 0 Å². The lowest BCUT2D eigenvalue weighted by Gasteiger charge is -2.44. The number of rotatable bonds is 3. The molecule has 7 heteroatoms.